The van der Waals surface area contributed by atoms with Gasteiger partial charge in [0.2, 0.25) is 0 Å². The topological polar surface area (TPSA) is 64.9 Å². The lowest BCUT2D eigenvalue weighted by Crippen LogP contribution is -2.44. The molecule has 4 nitrogen and oxygen atoms in total. The Kier molecular flexibility index (Phi) is 2.12. The van der Waals surface area contributed by atoms with Crippen LogP contribution in [0.3, 0.4) is 0 Å². The van der Waals surface area contributed by atoms with Gasteiger partial charge in [-0.05, 0) is 37.1 Å². The molecule has 16 heavy (non-hydrogen) atoms. The molecule has 3 rings (SSSR count). The minimum Gasteiger partial charge on any atom is -0.334 e. The van der Waals surface area contributed by atoms with Crippen LogP contribution < -0.4 is 5.73 Å². The fourth-order valence-electron chi connectivity index (χ4n) is 1.90. The molecule has 2 aromatic heterocycles. The van der Waals surface area contributed by atoms with E-state index in [1.165, 1.54) is 5.56 Å². The monoisotopic (exact) mass is 235 g/mol. The first-order valence-corrected chi connectivity index (χ1v) is 6.29. The fraction of sp³-hybridized carbons (Fsp3) is 0.455. The van der Waals surface area contributed by atoms with E-state index in [9.17, 15) is 0 Å². The van der Waals surface area contributed by atoms with Gasteiger partial charge in [-0.1, -0.05) is 5.16 Å². The van der Waals surface area contributed by atoms with Crippen LogP contribution >= 0.6 is 11.3 Å². The molecule has 0 unspecified atom stereocenters. The molecule has 84 valence electrons. The van der Waals surface area contributed by atoms with Gasteiger partial charge in [-0.15, -0.1) is 0 Å². The van der Waals surface area contributed by atoms with Gasteiger partial charge >= 0.3 is 0 Å². The summed E-state index contributed by atoms with van der Waals surface area (Å²) in [7, 11) is 0. The third-order valence-corrected chi connectivity index (χ3v) is 4.06. The van der Waals surface area contributed by atoms with Crippen LogP contribution in [0.4, 0.5) is 0 Å². The average molecular weight is 235 g/mol. The van der Waals surface area contributed by atoms with Crippen molar-refractivity contribution in [2.45, 2.75) is 31.7 Å². The third kappa shape index (κ3) is 1.39. The first kappa shape index (κ1) is 9.99. The molecule has 0 atom stereocenters. The summed E-state index contributed by atoms with van der Waals surface area (Å²) in [4.78, 5) is 4.41. The van der Waals surface area contributed by atoms with Crippen LogP contribution in [0.15, 0.2) is 15.3 Å². The summed E-state index contributed by atoms with van der Waals surface area (Å²) >= 11 is 1.64. The summed E-state index contributed by atoms with van der Waals surface area (Å²) in [6.45, 7) is 2.04. The molecule has 2 heterocycles. The molecule has 2 aromatic rings. The van der Waals surface area contributed by atoms with E-state index in [2.05, 4.69) is 15.5 Å². The zero-order chi connectivity index (χ0) is 11.2. The van der Waals surface area contributed by atoms with Gasteiger partial charge in [-0.3, -0.25) is 0 Å². The van der Waals surface area contributed by atoms with E-state index < -0.39 is 0 Å². The number of nitrogens with two attached hydrogens (primary N) is 1. The molecular weight excluding hydrogens is 222 g/mol. The number of nitrogens with zero attached hydrogens (tertiary/aromatic N) is 2. The lowest BCUT2D eigenvalue weighted by Gasteiger charge is -2.34. The molecule has 5 heteroatoms. The van der Waals surface area contributed by atoms with Crippen molar-refractivity contribution in [2.75, 3.05) is 0 Å². The van der Waals surface area contributed by atoms with Crippen molar-refractivity contribution in [3.05, 3.63) is 22.1 Å². The number of aryl methyl sites for hydroxylation is 1. The maximum absolute atomic E-state index is 6.15. The van der Waals surface area contributed by atoms with Crippen molar-refractivity contribution in [1.29, 1.82) is 0 Å². The Morgan fingerprint density at radius 1 is 1.44 bits per heavy atom. The standard InChI is InChI=1S/C11H13N3OS/c1-7-5-16-6-8(7)9-13-10(14-15-9)11(12)3-2-4-11/h5-6H,2-4,12H2,1H3. The van der Waals surface area contributed by atoms with Crippen LogP contribution in [0, 0.1) is 6.92 Å². The summed E-state index contributed by atoms with van der Waals surface area (Å²) in [5, 5.41) is 8.10. The van der Waals surface area contributed by atoms with E-state index >= 15 is 0 Å². The summed E-state index contributed by atoms with van der Waals surface area (Å²) in [6, 6.07) is 0. The zero-order valence-corrected chi connectivity index (χ0v) is 9.88. The SMILES string of the molecule is Cc1cscc1-c1nc(C2(N)CCC2)no1. The summed E-state index contributed by atoms with van der Waals surface area (Å²) < 4.78 is 5.28. The van der Waals surface area contributed by atoms with Crippen molar-refractivity contribution in [1.82, 2.24) is 10.1 Å². The second kappa shape index (κ2) is 3.40. The van der Waals surface area contributed by atoms with Crippen molar-refractivity contribution < 1.29 is 4.52 Å². The molecule has 0 aliphatic heterocycles. The fourth-order valence-corrected chi connectivity index (χ4v) is 2.72. The highest BCUT2D eigenvalue weighted by Gasteiger charge is 2.39. The minimum atomic E-state index is -0.342. The lowest BCUT2D eigenvalue weighted by molar-refractivity contribution is 0.229. The molecule has 0 saturated heterocycles. The Bertz CT molecular complexity index is 513. The maximum Gasteiger partial charge on any atom is 0.259 e. The van der Waals surface area contributed by atoms with Crippen molar-refractivity contribution >= 4 is 11.3 Å². The molecular formula is C11H13N3OS. The van der Waals surface area contributed by atoms with Gasteiger partial charge in [0, 0.05) is 5.38 Å². The quantitative estimate of drug-likeness (QED) is 0.868. The Labute approximate surface area is 97.5 Å². The van der Waals surface area contributed by atoms with E-state index in [-0.39, 0.29) is 5.54 Å². The van der Waals surface area contributed by atoms with E-state index in [4.69, 9.17) is 10.3 Å². The van der Waals surface area contributed by atoms with Crippen molar-refractivity contribution in [3.8, 4) is 11.5 Å². The maximum atomic E-state index is 6.15. The average Bonchev–Trinajstić information content (AvgIpc) is 2.82. The Morgan fingerprint density at radius 2 is 2.25 bits per heavy atom. The van der Waals surface area contributed by atoms with Crippen molar-refractivity contribution in [2.24, 2.45) is 5.73 Å². The first-order chi connectivity index (χ1) is 7.69. The summed E-state index contributed by atoms with van der Waals surface area (Å²) in [5.74, 6) is 1.24. The lowest BCUT2D eigenvalue weighted by atomic mass is 9.77. The van der Waals surface area contributed by atoms with Gasteiger partial charge in [-0.25, -0.2) is 0 Å². The number of hydrogen-bond acceptors (Lipinski definition) is 5. The smallest absolute Gasteiger partial charge is 0.259 e. The number of thiophene rings is 1. The van der Waals surface area contributed by atoms with Crippen LogP contribution in [-0.4, -0.2) is 10.1 Å². The zero-order valence-electron chi connectivity index (χ0n) is 9.06. The van der Waals surface area contributed by atoms with Gasteiger partial charge in [0.1, 0.15) is 0 Å². The van der Waals surface area contributed by atoms with Gasteiger partial charge in [-0.2, -0.15) is 16.3 Å². The van der Waals surface area contributed by atoms with Gasteiger partial charge in [0.05, 0.1) is 11.1 Å². The van der Waals surface area contributed by atoms with E-state index in [1.807, 2.05) is 12.3 Å². The second-order valence-electron chi connectivity index (χ2n) is 4.40. The van der Waals surface area contributed by atoms with Gasteiger partial charge < -0.3 is 10.3 Å². The van der Waals surface area contributed by atoms with Gasteiger partial charge in [0.25, 0.3) is 5.89 Å². The predicted molar refractivity (Wildman–Crippen MR) is 62.1 cm³/mol. The molecule has 0 bridgehead atoms. The predicted octanol–water partition coefficient (Wildman–Crippen LogP) is 2.44. The number of aromatic nitrogens is 2. The highest BCUT2D eigenvalue weighted by atomic mass is 32.1. The summed E-state index contributed by atoms with van der Waals surface area (Å²) in [6.07, 6.45) is 3.06. The molecule has 2 N–H and O–H groups in total. The Morgan fingerprint density at radius 3 is 2.81 bits per heavy atom. The van der Waals surface area contributed by atoms with E-state index in [0.717, 1.165) is 24.8 Å². The minimum absolute atomic E-state index is 0.342. The van der Waals surface area contributed by atoms with E-state index in [1.54, 1.807) is 11.3 Å². The molecule has 1 aliphatic rings. The normalized spacial score (nSPS) is 18.4. The Balaban J connectivity index is 1.97. The highest BCUT2D eigenvalue weighted by Crippen LogP contribution is 2.38. The molecule has 0 spiro atoms. The third-order valence-electron chi connectivity index (χ3n) is 3.20. The highest BCUT2D eigenvalue weighted by molar-refractivity contribution is 7.08. The molecule has 1 saturated carbocycles. The molecule has 0 radical (unpaired) electrons. The Hall–Kier alpha value is -1.20. The second-order valence-corrected chi connectivity index (χ2v) is 5.14. The molecule has 0 aromatic carbocycles. The van der Waals surface area contributed by atoms with Crippen LogP contribution in [0.25, 0.3) is 11.5 Å². The van der Waals surface area contributed by atoms with Gasteiger partial charge in [0.15, 0.2) is 5.82 Å². The molecule has 0 amide bonds. The molecule has 1 aliphatic carbocycles. The molecule has 1 fully saturated rings. The van der Waals surface area contributed by atoms with E-state index in [0.29, 0.717) is 11.7 Å². The number of rotatable bonds is 2. The largest absolute Gasteiger partial charge is 0.334 e. The van der Waals surface area contributed by atoms with Crippen LogP contribution in [-0.2, 0) is 5.54 Å². The van der Waals surface area contributed by atoms with Crippen LogP contribution in [0.1, 0.15) is 30.7 Å². The number of hydrogen-bond donors (Lipinski definition) is 1. The summed E-state index contributed by atoms with van der Waals surface area (Å²) in [5.41, 5.74) is 7.99. The van der Waals surface area contributed by atoms with Crippen LogP contribution in [0.2, 0.25) is 0 Å². The first-order valence-electron chi connectivity index (χ1n) is 5.35. The van der Waals surface area contributed by atoms with Crippen LogP contribution in [0.5, 0.6) is 0 Å². The van der Waals surface area contributed by atoms with Crippen molar-refractivity contribution in [3.63, 3.8) is 0 Å².